The predicted molar refractivity (Wildman–Crippen MR) is 129 cm³/mol. The van der Waals surface area contributed by atoms with Crippen LogP contribution in [0, 0.1) is 12.8 Å². The molecule has 0 saturated heterocycles. The molecule has 0 radical (unpaired) electrons. The number of aryl methyl sites for hydroxylation is 1. The minimum atomic E-state index is -3.94. The van der Waals surface area contributed by atoms with E-state index in [-0.39, 0.29) is 16.7 Å². The Labute approximate surface area is 197 Å². The zero-order valence-electron chi connectivity index (χ0n) is 18.6. The Hall–Kier alpha value is -2.23. The van der Waals surface area contributed by atoms with E-state index in [1.807, 2.05) is 32.9 Å². The van der Waals surface area contributed by atoms with Gasteiger partial charge >= 0.3 is 0 Å². The van der Waals surface area contributed by atoms with Crippen LogP contribution in [0.25, 0.3) is 0 Å². The fraction of sp³-hybridized carbons (Fsp3) is 0.391. The molecule has 0 spiro atoms. The number of nitrogens with one attached hydrogen (secondary N) is 2. The van der Waals surface area contributed by atoms with Gasteiger partial charge in [0.15, 0.2) is 0 Å². The Bertz CT molecular complexity index is 1150. The summed E-state index contributed by atoms with van der Waals surface area (Å²) in [6, 6.07) is 9.27. The minimum absolute atomic E-state index is 0.0746. The molecule has 32 heavy (non-hydrogen) atoms. The summed E-state index contributed by atoms with van der Waals surface area (Å²) in [5, 5.41) is 2.85. The van der Waals surface area contributed by atoms with E-state index in [1.54, 1.807) is 23.1 Å². The average molecular weight is 522 g/mol. The van der Waals surface area contributed by atoms with Gasteiger partial charge in [-0.05, 0) is 73.2 Å². The van der Waals surface area contributed by atoms with E-state index in [9.17, 15) is 18.0 Å². The molecule has 172 valence electrons. The number of hydrogen-bond donors (Lipinski definition) is 2. The van der Waals surface area contributed by atoms with Gasteiger partial charge in [-0.3, -0.25) is 9.59 Å². The fourth-order valence-electron chi connectivity index (χ4n) is 3.79. The van der Waals surface area contributed by atoms with Gasteiger partial charge in [0.25, 0.3) is 0 Å². The van der Waals surface area contributed by atoms with Crippen LogP contribution < -0.4 is 14.9 Å². The van der Waals surface area contributed by atoms with E-state index in [4.69, 9.17) is 0 Å². The molecule has 0 fully saturated rings. The van der Waals surface area contributed by atoms with Crippen molar-refractivity contribution in [2.24, 2.45) is 5.92 Å². The van der Waals surface area contributed by atoms with Crippen LogP contribution in [-0.4, -0.2) is 32.8 Å². The molecular weight excluding hydrogens is 494 g/mol. The van der Waals surface area contributed by atoms with Crippen molar-refractivity contribution in [3.8, 4) is 0 Å². The van der Waals surface area contributed by atoms with Crippen molar-refractivity contribution in [1.82, 2.24) is 4.72 Å². The van der Waals surface area contributed by atoms with Gasteiger partial charge in [0.1, 0.15) is 6.04 Å². The lowest BCUT2D eigenvalue weighted by molar-refractivity contribution is -0.118. The van der Waals surface area contributed by atoms with Gasteiger partial charge in [0.2, 0.25) is 21.8 Å². The summed E-state index contributed by atoms with van der Waals surface area (Å²) in [4.78, 5) is 26.5. The second kappa shape index (κ2) is 9.72. The first-order valence-electron chi connectivity index (χ1n) is 10.5. The largest absolute Gasteiger partial charge is 0.324 e. The molecule has 2 aromatic carbocycles. The van der Waals surface area contributed by atoms with Gasteiger partial charge in [-0.1, -0.05) is 29.8 Å². The van der Waals surface area contributed by atoms with Crippen LogP contribution in [0.4, 0.5) is 11.4 Å². The molecule has 7 nitrogen and oxygen atoms in total. The van der Waals surface area contributed by atoms with E-state index in [2.05, 4.69) is 26.0 Å². The molecule has 0 aliphatic carbocycles. The van der Waals surface area contributed by atoms with Crippen LogP contribution in [0.5, 0.6) is 0 Å². The quantitative estimate of drug-likeness (QED) is 0.575. The van der Waals surface area contributed by atoms with Crippen LogP contribution in [0.2, 0.25) is 0 Å². The molecule has 0 aromatic heterocycles. The summed E-state index contributed by atoms with van der Waals surface area (Å²) >= 11 is 3.40. The minimum Gasteiger partial charge on any atom is -0.324 e. The van der Waals surface area contributed by atoms with Crippen LogP contribution in [0.15, 0.2) is 45.8 Å². The van der Waals surface area contributed by atoms with Crippen molar-refractivity contribution in [2.75, 3.05) is 16.8 Å². The number of halogens is 1. The Morgan fingerprint density at radius 1 is 1.16 bits per heavy atom. The summed E-state index contributed by atoms with van der Waals surface area (Å²) in [6.45, 7) is 7.77. The number of hydrogen-bond acceptors (Lipinski definition) is 4. The highest BCUT2D eigenvalue weighted by molar-refractivity contribution is 9.10. The molecule has 0 saturated carbocycles. The molecule has 2 aromatic rings. The highest BCUT2D eigenvalue weighted by Crippen LogP contribution is 2.30. The second-order valence-corrected chi connectivity index (χ2v) is 11.1. The van der Waals surface area contributed by atoms with Gasteiger partial charge in [0.05, 0.1) is 4.90 Å². The number of rotatable bonds is 7. The molecule has 1 unspecified atom stereocenters. The molecule has 1 atom stereocenters. The highest BCUT2D eigenvalue weighted by atomic mass is 79.9. The lowest BCUT2D eigenvalue weighted by Gasteiger charge is -2.21. The maximum absolute atomic E-state index is 13.1. The van der Waals surface area contributed by atoms with E-state index >= 15 is 0 Å². The number of anilines is 2. The Morgan fingerprint density at radius 3 is 2.50 bits per heavy atom. The summed E-state index contributed by atoms with van der Waals surface area (Å²) < 4.78 is 29.7. The summed E-state index contributed by atoms with van der Waals surface area (Å²) in [5.41, 5.74) is 3.04. The Morgan fingerprint density at radius 2 is 1.88 bits per heavy atom. The standard InChI is InChI=1S/C23H28BrN3O4S/c1-14(2)11-21(23(29)25-20-7-5-18(24)12-15(20)3)26-32(30,31)19-6-8-22-17(13-19)9-10-27(22)16(4)28/h5-8,12-14,21,26H,9-11H2,1-4H3,(H,25,29). The van der Waals surface area contributed by atoms with E-state index < -0.39 is 22.0 Å². The third kappa shape index (κ3) is 5.57. The monoisotopic (exact) mass is 521 g/mol. The van der Waals surface area contributed by atoms with E-state index in [0.29, 0.717) is 25.1 Å². The van der Waals surface area contributed by atoms with Crippen LogP contribution in [0.1, 0.15) is 38.3 Å². The van der Waals surface area contributed by atoms with Crippen LogP contribution >= 0.6 is 15.9 Å². The SMILES string of the molecule is CC(=O)N1CCc2cc(S(=O)(=O)NC(CC(C)C)C(=O)Nc3ccc(Br)cc3C)ccc21. The third-order valence-corrected chi connectivity index (χ3v) is 7.37. The Balaban J connectivity index is 1.83. The molecule has 3 rings (SSSR count). The van der Waals surface area contributed by atoms with Crippen LogP contribution in [0.3, 0.4) is 0 Å². The van der Waals surface area contributed by atoms with Crippen molar-refractivity contribution in [2.45, 2.75) is 51.5 Å². The predicted octanol–water partition coefficient (Wildman–Crippen LogP) is 4.00. The summed E-state index contributed by atoms with van der Waals surface area (Å²) in [6.07, 6.45) is 0.945. The highest BCUT2D eigenvalue weighted by Gasteiger charge is 2.29. The topological polar surface area (TPSA) is 95.6 Å². The average Bonchev–Trinajstić information content (AvgIpc) is 3.12. The lowest BCUT2D eigenvalue weighted by atomic mass is 10.0. The molecule has 1 heterocycles. The number of nitrogens with zero attached hydrogens (tertiary/aromatic N) is 1. The smallest absolute Gasteiger partial charge is 0.242 e. The first-order chi connectivity index (χ1) is 15.0. The van der Waals surface area contributed by atoms with Gasteiger partial charge in [-0.25, -0.2) is 8.42 Å². The number of benzene rings is 2. The Kier molecular flexibility index (Phi) is 7.42. The zero-order valence-corrected chi connectivity index (χ0v) is 21.0. The van der Waals surface area contributed by atoms with Crippen molar-refractivity contribution in [3.63, 3.8) is 0 Å². The van der Waals surface area contributed by atoms with Crippen LogP contribution in [-0.2, 0) is 26.0 Å². The maximum atomic E-state index is 13.1. The first kappa shape index (κ1) is 24.4. The van der Waals surface area contributed by atoms with Gasteiger partial charge < -0.3 is 10.2 Å². The molecule has 1 aliphatic rings. The van der Waals surface area contributed by atoms with Crippen molar-refractivity contribution < 1.29 is 18.0 Å². The zero-order chi connectivity index (χ0) is 23.6. The number of carbonyl (C=O) groups excluding carboxylic acids is 2. The van der Waals surface area contributed by atoms with Gasteiger partial charge in [-0.15, -0.1) is 0 Å². The van der Waals surface area contributed by atoms with Crippen molar-refractivity contribution in [1.29, 1.82) is 0 Å². The molecule has 1 aliphatic heterocycles. The number of amides is 2. The fourth-order valence-corrected chi connectivity index (χ4v) is 5.53. The molecular formula is C23H28BrN3O4S. The number of fused-ring (bicyclic) bond motifs is 1. The molecule has 2 N–H and O–H groups in total. The normalized spacial score (nSPS) is 14.4. The van der Waals surface area contributed by atoms with E-state index in [1.165, 1.54) is 13.0 Å². The number of carbonyl (C=O) groups is 2. The first-order valence-corrected chi connectivity index (χ1v) is 12.8. The molecule has 2 amide bonds. The molecule has 0 bridgehead atoms. The van der Waals surface area contributed by atoms with Crippen molar-refractivity contribution in [3.05, 3.63) is 52.0 Å². The van der Waals surface area contributed by atoms with Gasteiger partial charge in [-0.2, -0.15) is 4.72 Å². The summed E-state index contributed by atoms with van der Waals surface area (Å²) in [5.74, 6) is -0.380. The van der Waals surface area contributed by atoms with Crippen molar-refractivity contribution >= 4 is 49.1 Å². The number of sulfonamides is 1. The maximum Gasteiger partial charge on any atom is 0.242 e. The van der Waals surface area contributed by atoms with E-state index in [0.717, 1.165) is 21.3 Å². The molecule has 9 heteroatoms. The summed E-state index contributed by atoms with van der Waals surface area (Å²) in [7, 11) is -3.94. The lowest BCUT2D eigenvalue weighted by Crippen LogP contribution is -2.44. The van der Waals surface area contributed by atoms with Gasteiger partial charge in [0, 0.05) is 29.3 Å². The second-order valence-electron chi connectivity index (χ2n) is 8.46. The third-order valence-electron chi connectivity index (χ3n) is 5.40.